The van der Waals surface area contributed by atoms with E-state index in [0.29, 0.717) is 12.1 Å². The van der Waals surface area contributed by atoms with Gasteiger partial charge in [-0.3, -0.25) is 9.11 Å². The van der Waals surface area contributed by atoms with Crippen molar-refractivity contribution in [3.8, 4) is 0 Å². The molecule has 3 nitrogen and oxygen atoms in total. The fourth-order valence-corrected chi connectivity index (χ4v) is 4.81. The van der Waals surface area contributed by atoms with Crippen molar-refractivity contribution in [2.45, 2.75) is 44.8 Å². The van der Waals surface area contributed by atoms with Crippen LogP contribution in [0.1, 0.15) is 30.9 Å². The van der Waals surface area contributed by atoms with Gasteiger partial charge in [0.1, 0.15) is 0 Å². The zero-order valence-electron chi connectivity index (χ0n) is 12.9. The molecule has 3 rings (SSSR count). The summed E-state index contributed by atoms with van der Waals surface area (Å²) < 4.78 is 11.4. The van der Waals surface area contributed by atoms with E-state index in [9.17, 15) is 4.21 Å². The number of nitrogens with one attached hydrogen (secondary N) is 1. The fourth-order valence-electron chi connectivity index (χ4n) is 3.51. The van der Waals surface area contributed by atoms with E-state index in [1.165, 1.54) is 17.5 Å². The average Bonchev–Trinajstić information content (AvgIpc) is 2.49. The fraction of sp³-hybridized carbons (Fsp3) is 0.647. The Labute approximate surface area is 130 Å². The Hall–Kier alpha value is -0.710. The van der Waals surface area contributed by atoms with Crippen LogP contribution in [-0.2, 0) is 23.8 Å². The molecule has 1 N–H and O–H groups in total. The van der Waals surface area contributed by atoms with E-state index in [-0.39, 0.29) is 0 Å². The highest BCUT2D eigenvalue weighted by atomic mass is 32.2. The lowest BCUT2D eigenvalue weighted by atomic mass is 9.99. The molecule has 21 heavy (non-hydrogen) atoms. The molecule has 0 radical (unpaired) electrons. The highest BCUT2D eigenvalue weighted by molar-refractivity contribution is 7.85. The molecule has 0 bridgehead atoms. The zero-order valence-corrected chi connectivity index (χ0v) is 13.7. The molecule has 0 amide bonds. The molecule has 1 aromatic rings. The van der Waals surface area contributed by atoms with E-state index in [4.69, 9.17) is 0 Å². The van der Waals surface area contributed by atoms with Gasteiger partial charge in [-0.1, -0.05) is 24.3 Å². The van der Waals surface area contributed by atoms with Crippen molar-refractivity contribution in [1.29, 1.82) is 0 Å². The summed E-state index contributed by atoms with van der Waals surface area (Å²) in [5.41, 5.74) is 3.01. The second kappa shape index (κ2) is 7.03. The minimum Gasteiger partial charge on any atom is -0.310 e. The first kappa shape index (κ1) is 15.2. The maximum atomic E-state index is 11.4. The van der Waals surface area contributed by atoms with Crippen molar-refractivity contribution < 1.29 is 4.21 Å². The lowest BCUT2D eigenvalue weighted by molar-refractivity contribution is 0.221. The highest BCUT2D eigenvalue weighted by Crippen LogP contribution is 2.18. The largest absolute Gasteiger partial charge is 0.310 e. The van der Waals surface area contributed by atoms with E-state index in [2.05, 4.69) is 41.4 Å². The minimum atomic E-state index is -0.557. The van der Waals surface area contributed by atoms with Gasteiger partial charge in [0, 0.05) is 54.0 Å². The van der Waals surface area contributed by atoms with Crippen LogP contribution in [0.5, 0.6) is 0 Å². The number of fused-ring (bicyclic) bond motifs is 1. The smallest absolute Gasteiger partial charge is 0.0249 e. The molecule has 0 aliphatic carbocycles. The summed E-state index contributed by atoms with van der Waals surface area (Å²) in [5, 5.41) is 3.73. The normalized spacial score (nSPS) is 28.0. The van der Waals surface area contributed by atoms with Crippen LogP contribution in [0, 0.1) is 0 Å². The highest BCUT2D eigenvalue weighted by Gasteiger charge is 2.21. The Kier molecular flexibility index (Phi) is 5.09. The summed E-state index contributed by atoms with van der Waals surface area (Å²) in [7, 11) is -0.557. The molecule has 4 heteroatoms. The second-order valence-electron chi connectivity index (χ2n) is 6.44. The monoisotopic (exact) mass is 306 g/mol. The summed E-state index contributed by atoms with van der Waals surface area (Å²) >= 11 is 0. The molecule has 116 valence electrons. The van der Waals surface area contributed by atoms with E-state index < -0.39 is 10.8 Å². The van der Waals surface area contributed by atoms with Gasteiger partial charge in [-0.15, -0.1) is 0 Å². The van der Waals surface area contributed by atoms with Crippen molar-refractivity contribution in [1.82, 2.24) is 10.2 Å². The molecule has 2 aliphatic rings. The summed E-state index contributed by atoms with van der Waals surface area (Å²) in [6.45, 7) is 5.63. The van der Waals surface area contributed by atoms with Crippen LogP contribution in [0.4, 0.5) is 0 Å². The van der Waals surface area contributed by atoms with Gasteiger partial charge in [0.25, 0.3) is 0 Å². The van der Waals surface area contributed by atoms with Crippen LogP contribution in [-0.4, -0.2) is 45.8 Å². The van der Waals surface area contributed by atoms with Crippen LogP contribution < -0.4 is 5.32 Å². The van der Waals surface area contributed by atoms with Gasteiger partial charge in [-0.2, -0.15) is 0 Å². The van der Waals surface area contributed by atoms with Crippen molar-refractivity contribution >= 4 is 10.8 Å². The van der Waals surface area contributed by atoms with Gasteiger partial charge in [0.15, 0.2) is 0 Å². The molecule has 0 spiro atoms. The maximum absolute atomic E-state index is 11.4. The van der Waals surface area contributed by atoms with E-state index in [1.807, 2.05) is 0 Å². The molecule has 2 aliphatic heterocycles. The lowest BCUT2D eigenvalue weighted by Gasteiger charge is -2.33. The quantitative estimate of drug-likeness (QED) is 0.922. The Balaban J connectivity index is 1.47. The molecule has 1 fully saturated rings. The van der Waals surface area contributed by atoms with Crippen LogP contribution in [0.2, 0.25) is 0 Å². The predicted octanol–water partition coefficient (Wildman–Crippen LogP) is 1.93. The molecule has 1 unspecified atom stereocenters. The van der Waals surface area contributed by atoms with Gasteiger partial charge in [-0.05, 0) is 37.3 Å². The van der Waals surface area contributed by atoms with Crippen LogP contribution in [0.25, 0.3) is 0 Å². The third kappa shape index (κ3) is 4.15. The Morgan fingerprint density at radius 3 is 2.76 bits per heavy atom. The summed E-state index contributed by atoms with van der Waals surface area (Å²) in [5.74, 6) is 1.75. The summed E-state index contributed by atoms with van der Waals surface area (Å²) in [6.07, 6.45) is 3.31. The van der Waals surface area contributed by atoms with Crippen LogP contribution in [0.3, 0.4) is 0 Å². The van der Waals surface area contributed by atoms with Gasteiger partial charge in [0.05, 0.1) is 0 Å². The first-order chi connectivity index (χ1) is 10.2. The number of nitrogens with zero attached hydrogens (tertiary/aromatic N) is 1. The predicted molar refractivity (Wildman–Crippen MR) is 88.9 cm³/mol. The number of benzene rings is 1. The molecule has 0 saturated carbocycles. The molecule has 0 aromatic heterocycles. The van der Waals surface area contributed by atoms with Crippen molar-refractivity contribution in [2.75, 3.05) is 24.6 Å². The average molecular weight is 306 g/mol. The van der Waals surface area contributed by atoms with Gasteiger partial charge >= 0.3 is 0 Å². The first-order valence-electron chi connectivity index (χ1n) is 8.11. The molecular formula is C17H26N2OS. The second-order valence-corrected chi connectivity index (χ2v) is 8.14. The van der Waals surface area contributed by atoms with Crippen LogP contribution >= 0.6 is 0 Å². The van der Waals surface area contributed by atoms with E-state index >= 15 is 0 Å². The SMILES string of the molecule is CC(CN1CCc2ccccc2C1)NC1CCS(=O)CC1. The molecule has 1 atom stereocenters. The van der Waals surface area contributed by atoms with Gasteiger partial charge in [0.2, 0.25) is 0 Å². The molecular weight excluding hydrogens is 280 g/mol. The van der Waals surface area contributed by atoms with E-state index in [0.717, 1.165) is 44.0 Å². The minimum absolute atomic E-state index is 0.506. The van der Waals surface area contributed by atoms with E-state index in [1.54, 1.807) is 0 Å². The molecule has 1 saturated heterocycles. The van der Waals surface area contributed by atoms with Crippen LogP contribution in [0.15, 0.2) is 24.3 Å². The van der Waals surface area contributed by atoms with Gasteiger partial charge in [-0.25, -0.2) is 0 Å². The molecule has 2 heterocycles. The summed E-state index contributed by atoms with van der Waals surface area (Å²) in [6, 6.07) is 9.88. The van der Waals surface area contributed by atoms with Crippen molar-refractivity contribution in [3.05, 3.63) is 35.4 Å². The Bertz CT molecular complexity index is 495. The third-order valence-corrected chi connectivity index (χ3v) is 6.03. The molecule has 1 aromatic carbocycles. The zero-order chi connectivity index (χ0) is 14.7. The Morgan fingerprint density at radius 1 is 1.29 bits per heavy atom. The third-order valence-electron chi connectivity index (χ3n) is 4.65. The lowest BCUT2D eigenvalue weighted by Crippen LogP contribution is -2.47. The standard InChI is InChI=1S/C17H26N2OS/c1-14(18-17-7-10-21(20)11-8-17)12-19-9-6-15-4-2-3-5-16(15)13-19/h2-5,14,17-18H,6-13H2,1H3. The topological polar surface area (TPSA) is 32.3 Å². The number of hydrogen-bond donors (Lipinski definition) is 1. The Morgan fingerprint density at radius 2 is 2.00 bits per heavy atom. The number of rotatable bonds is 4. The van der Waals surface area contributed by atoms with Crippen molar-refractivity contribution in [3.63, 3.8) is 0 Å². The van der Waals surface area contributed by atoms with Gasteiger partial charge < -0.3 is 5.32 Å². The summed E-state index contributed by atoms with van der Waals surface area (Å²) in [4.78, 5) is 2.56. The van der Waals surface area contributed by atoms with Crippen molar-refractivity contribution in [2.24, 2.45) is 0 Å². The first-order valence-corrected chi connectivity index (χ1v) is 9.59. The maximum Gasteiger partial charge on any atom is 0.0249 e. The number of hydrogen-bond acceptors (Lipinski definition) is 3.